The molecule has 0 radical (unpaired) electrons. The van der Waals surface area contributed by atoms with Gasteiger partial charge in [-0.1, -0.05) is 102 Å². The second-order valence-corrected chi connectivity index (χ2v) is 11.7. The number of ether oxygens (including phenoxy) is 2. The molecule has 4 aromatic carbocycles. The highest BCUT2D eigenvalue weighted by Gasteiger charge is 2.53. The van der Waals surface area contributed by atoms with Gasteiger partial charge < -0.3 is 19.9 Å². The van der Waals surface area contributed by atoms with Crippen LogP contribution in [0.3, 0.4) is 0 Å². The number of amides is 1. The Morgan fingerprint density at radius 2 is 1.69 bits per heavy atom. The first-order chi connectivity index (χ1) is 22.0. The highest BCUT2D eigenvalue weighted by molar-refractivity contribution is 6.35. The molecule has 0 aliphatic carbocycles. The minimum Gasteiger partial charge on any atom is -0.494 e. The van der Waals surface area contributed by atoms with Gasteiger partial charge in [0.15, 0.2) is 11.6 Å². The van der Waals surface area contributed by atoms with E-state index in [0.717, 1.165) is 18.4 Å². The molecule has 1 amide bonds. The van der Waals surface area contributed by atoms with Gasteiger partial charge in [0.2, 0.25) is 5.90 Å². The van der Waals surface area contributed by atoms with E-state index in [1.165, 1.54) is 5.56 Å². The van der Waals surface area contributed by atoms with Crippen molar-refractivity contribution in [3.05, 3.63) is 142 Å². The van der Waals surface area contributed by atoms with Gasteiger partial charge in [0.1, 0.15) is 5.75 Å². The molecule has 232 valence electrons. The summed E-state index contributed by atoms with van der Waals surface area (Å²) < 4.78 is 12.3. The van der Waals surface area contributed by atoms with Crippen LogP contribution in [0.15, 0.2) is 114 Å². The van der Waals surface area contributed by atoms with Crippen molar-refractivity contribution < 1.29 is 19.4 Å². The molecule has 0 aromatic heterocycles. The molecule has 45 heavy (non-hydrogen) atoms. The number of carbonyl (C=O) groups is 1. The molecule has 1 heterocycles. The number of aliphatic imine (C=N–C) groups is 1. The number of aliphatic hydroxyl groups excluding tert-OH is 1. The van der Waals surface area contributed by atoms with E-state index in [1.807, 2.05) is 84.9 Å². The molecule has 0 fully saturated rings. The van der Waals surface area contributed by atoms with Gasteiger partial charge >= 0.3 is 0 Å². The number of aliphatic hydroxyl groups is 1. The Kier molecular flexibility index (Phi) is 11.3. The molecule has 5 rings (SSSR count). The topological polar surface area (TPSA) is 80.2 Å². The van der Waals surface area contributed by atoms with E-state index in [4.69, 9.17) is 42.8 Å². The van der Waals surface area contributed by atoms with Crippen LogP contribution < -0.4 is 10.1 Å². The van der Waals surface area contributed by atoms with Gasteiger partial charge in [-0.05, 0) is 60.4 Å². The summed E-state index contributed by atoms with van der Waals surface area (Å²) in [5.41, 5.74) is 2.20. The molecule has 6 nitrogen and oxygen atoms in total. The Labute approximate surface area is 274 Å². The molecule has 1 aliphatic heterocycles. The zero-order chi connectivity index (χ0) is 31.5. The molecular weight excluding hydrogens is 607 g/mol. The van der Waals surface area contributed by atoms with Crippen molar-refractivity contribution in [1.82, 2.24) is 5.32 Å². The van der Waals surface area contributed by atoms with Crippen LogP contribution in [0.2, 0.25) is 10.0 Å². The van der Waals surface area contributed by atoms with Crippen molar-refractivity contribution in [2.75, 3.05) is 19.8 Å². The lowest BCUT2D eigenvalue weighted by molar-refractivity contribution is -0.128. The Balaban J connectivity index is 1.48. The van der Waals surface area contributed by atoms with Crippen LogP contribution in [-0.2, 0) is 16.0 Å². The number of halogens is 2. The molecular formula is C37H36Cl2N2O4. The molecule has 4 aromatic rings. The molecule has 1 aliphatic rings. The number of carbonyl (C=O) groups excluding carboxylic acids is 1. The Bertz CT molecular complexity index is 1610. The molecule has 0 unspecified atom stereocenters. The smallest absolute Gasteiger partial charge is 0.252 e. The number of benzene rings is 4. The maximum atomic E-state index is 14.3. The number of nitrogens with zero attached hydrogens (tertiary/aromatic N) is 1. The summed E-state index contributed by atoms with van der Waals surface area (Å²) in [4.78, 5) is 19.4. The highest BCUT2D eigenvalue weighted by Crippen LogP contribution is 2.45. The molecule has 2 N–H and O–H groups in total. The number of hydrogen-bond acceptors (Lipinski definition) is 5. The summed E-state index contributed by atoms with van der Waals surface area (Å²) in [5, 5.41) is 13.1. The summed E-state index contributed by atoms with van der Waals surface area (Å²) in [6.45, 7) is 0.946. The predicted octanol–water partition coefficient (Wildman–Crippen LogP) is 7.86. The van der Waals surface area contributed by atoms with Crippen molar-refractivity contribution >= 4 is 41.1 Å². The summed E-state index contributed by atoms with van der Waals surface area (Å²) in [5.74, 6) is 0.750. The van der Waals surface area contributed by atoms with E-state index in [-0.39, 0.29) is 18.9 Å². The van der Waals surface area contributed by atoms with Gasteiger partial charge in [-0.2, -0.15) is 0 Å². The summed E-state index contributed by atoms with van der Waals surface area (Å²) in [7, 11) is 0. The van der Waals surface area contributed by atoms with Crippen LogP contribution in [0.1, 0.15) is 47.6 Å². The minimum atomic E-state index is -1.35. The Hall–Kier alpha value is -4.10. The highest BCUT2D eigenvalue weighted by atomic mass is 35.5. The van der Waals surface area contributed by atoms with Crippen LogP contribution in [-0.4, -0.2) is 42.2 Å². The summed E-state index contributed by atoms with van der Waals surface area (Å²) in [6, 6.07) is 32.6. The van der Waals surface area contributed by atoms with Gasteiger partial charge in [-0.15, -0.1) is 0 Å². The van der Waals surface area contributed by atoms with Gasteiger partial charge in [-0.3, -0.25) is 4.79 Å². The van der Waals surface area contributed by atoms with Crippen molar-refractivity contribution in [3.63, 3.8) is 0 Å². The average molecular weight is 644 g/mol. The van der Waals surface area contributed by atoms with Crippen molar-refractivity contribution in [2.45, 2.75) is 37.3 Å². The SMILES string of the molecule is O=C(NCCCc1ccccc1)[C@]1(C/C=C/c2ccccc2)N=C(c2ccc(OCCCO)cc2)O[C@@H]1c1ccc(Cl)cc1Cl. The molecule has 2 atom stereocenters. The van der Waals surface area contributed by atoms with Crippen molar-refractivity contribution in [1.29, 1.82) is 0 Å². The summed E-state index contributed by atoms with van der Waals surface area (Å²) >= 11 is 13.0. The van der Waals surface area contributed by atoms with Crippen molar-refractivity contribution in [2.24, 2.45) is 4.99 Å². The van der Waals surface area contributed by atoms with Crippen LogP contribution in [0.4, 0.5) is 0 Å². The fourth-order valence-corrected chi connectivity index (χ4v) is 5.74. The van der Waals surface area contributed by atoms with E-state index in [1.54, 1.807) is 18.2 Å². The molecule has 0 saturated carbocycles. The van der Waals surface area contributed by atoms with E-state index in [9.17, 15) is 4.79 Å². The fraction of sp³-hybridized carbons (Fsp3) is 0.243. The zero-order valence-corrected chi connectivity index (χ0v) is 26.4. The third kappa shape index (κ3) is 8.34. The van der Waals surface area contributed by atoms with Gasteiger partial charge in [-0.25, -0.2) is 4.99 Å². The summed E-state index contributed by atoms with van der Waals surface area (Å²) in [6.07, 6.45) is 5.55. The van der Waals surface area contributed by atoms with Crippen LogP contribution >= 0.6 is 23.2 Å². The van der Waals surface area contributed by atoms with E-state index < -0.39 is 11.6 Å². The third-order valence-electron chi connectivity index (χ3n) is 7.58. The third-order valence-corrected chi connectivity index (χ3v) is 8.15. The average Bonchev–Trinajstić information content (AvgIpc) is 3.45. The second-order valence-electron chi connectivity index (χ2n) is 10.8. The minimum absolute atomic E-state index is 0.0620. The van der Waals surface area contributed by atoms with Crippen LogP contribution in [0, 0.1) is 0 Å². The number of nitrogens with one attached hydrogen (secondary N) is 1. The quantitative estimate of drug-likeness (QED) is 0.137. The normalized spacial score (nSPS) is 17.6. The first kappa shape index (κ1) is 32.3. The monoisotopic (exact) mass is 642 g/mol. The Morgan fingerprint density at radius 3 is 2.40 bits per heavy atom. The predicted molar refractivity (Wildman–Crippen MR) is 181 cm³/mol. The van der Waals surface area contributed by atoms with Crippen LogP contribution in [0.5, 0.6) is 5.75 Å². The van der Waals surface area contributed by atoms with Gasteiger partial charge in [0.05, 0.1) is 6.61 Å². The van der Waals surface area contributed by atoms with Gasteiger partial charge in [0.25, 0.3) is 5.91 Å². The van der Waals surface area contributed by atoms with E-state index >= 15 is 0 Å². The molecule has 8 heteroatoms. The number of rotatable bonds is 14. The number of hydrogen-bond donors (Lipinski definition) is 2. The maximum absolute atomic E-state index is 14.3. The lowest BCUT2D eigenvalue weighted by atomic mass is 9.84. The first-order valence-electron chi connectivity index (χ1n) is 15.1. The first-order valence-corrected chi connectivity index (χ1v) is 15.8. The second kappa shape index (κ2) is 15.8. The lowest BCUT2D eigenvalue weighted by Gasteiger charge is -2.30. The van der Waals surface area contributed by atoms with E-state index in [0.29, 0.717) is 52.4 Å². The van der Waals surface area contributed by atoms with E-state index in [2.05, 4.69) is 17.4 Å². The van der Waals surface area contributed by atoms with Crippen LogP contribution in [0.25, 0.3) is 6.08 Å². The molecule has 0 spiro atoms. The van der Waals surface area contributed by atoms with Crippen molar-refractivity contribution in [3.8, 4) is 5.75 Å². The zero-order valence-electron chi connectivity index (χ0n) is 24.9. The standard InChI is InChI=1S/C37H36Cl2N2O4/c38-30-18-21-32(33(39)26-30)34-37(22-7-14-27-10-3-1-4-11-27,36(43)40-23-8-15-28-12-5-2-6-13-28)41-35(45-34)29-16-19-31(20-17-29)44-25-9-24-42/h1-7,10-14,16-21,26,34,42H,8-9,15,22-25H2,(H,40,43)/b14-7+/t34-,37-/m1/s1. The fourth-order valence-electron chi connectivity index (χ4n) is 5.24. The molecule has 0 saturated heterocycles. The largest absolute Gasteiger partial charge is 0.494 e. The van der Waals surface area contributed by atoms with Gasteiger partial charge in [0, 0.05) is 47.2 Å². The molecule has 0 bridgehead atoms. The lowest BCUT2D eigenvalue weighted by Crippen LogP contribution is -2.48. The number of aryl methyl sites for hydroxylation is 1. The maximum Gasteiger partial charge on any atom is 0.252 e. The Morgan fingerprint density at radius 1 is 0.956 bits per heavy atom.